The zero-order chi connectivity index (χ0) is 4.00. The number of rotatable bonds is 0. The molecular weight excluding hydrogens is 87.8 g/mol. The standard InChI is InChI=1S/CH4O.ClH.Mg/c1-2;;/h2H,1H3;1H;/q;;+3/p-1. The Morgan fingerprint density at radius 2 is 1.50 bits per heavy atom. The van der Waals surface area contributed by atoms with E-state index in [1.807, 2.05) is 0 Å². The number of hydrogen-bond acceptors (Lipinski definition) is 1. The van der Waals surface area contributed by atoms with Gasteiger partial charge in [-0.25, -0.2) is 0 Å². The largest absolute Gasteiger partial charge is 1.59 e. The predicted molar refractivity (Wildman–Crippen MR) is 19.7 cm³/mol. The molecule has 0 aromatic carbocycles. The first-order valence-electron chi connectivity index (χ1n) is 0.714. The second-order valence-electron chi connectivity index (χ2n) is 0. The smallest absolute Gasteiger partial charge is 0.400 e. The number of aliphatic hydroxyl groups is 1. The van der Waals surface area contributed by atoms with Crippen LogP contribution in [0.3, 0.4) is 0 Å². The molecule has 0 aromatic heterocycles. The lowest BCUT2D eigenvalue weighted by Gasteiger charge is -1.21. The third-order valence-corrected chi connectivity index (χ3v) is 0. The van der Waals surface area contributed by atoms with E-state index < -0.39 is 0 Å². The fraction of sp³-hybridized carbons (Fsp3) is 1.00. The molecule has 0 rings (SSSR count). The average Bonchev–Trinajstić information content (AvgIpc) is 1.50. The van der Waals surface area contributed by atoms with Gasteiger partial charge in [-0.15, -0.1) is 0 Å². The minimum atomic E-state index is 1.00. The average molecular weight is 91.8 g/mol. The lowest BCUT2D eigenvalue weighted by molar-refractivity contribution is 0.399. The van der Waals surface area contributed by atoms with E-state index in [0.717, 1.165) is 7.11 Å². The monoisotopic (exact) mass is 91.0 g/mol. The molecule has 0 bridgehead atoms. The van der Waals surface area contributed by atoms with Crippen molar-refractivity contribution in [2.45, 2.75) is 0 Å². The lowest BCUT2D eigenvalue weighted by atomic mass is 11.8. The van der Waals surface area contributed by atoms with Crippen LogP contribution in [0.2, 0.25) is 0 Å². The molecule has 0 saturated heterocycles. The van der Waals surface area contributed by atoms with Gasteiger partial charge in [-0.2, -0.15) is 0 Å². The first kappa shape index (κ1) is 8.89. The van der Waals surface area contributed by atoms with Gasteiger partial charge >= 0.3 is 29.7 Å². The first-order valence-corrected chi connectivity index (χ1v) is 2.85. The highest BCUT2D eigenvalue weighted by Crippen LogP contribution is 1.29. The van der Waals surface area contributed by atoms with Crippen molar-refractivity contribution in [2.75, 3.05) is 7.11 Å². The van der Waals surface area contributed by atoms with Gasteiger partial charge in [0.1, 0.15) is 0 Å². The van der Waals surface area contributed by atoms with E-state index in [4.69, 9.17) is 5.11 Å². The Morgan fingerprint density at radius 1 is 1.50 bits per heavy atom. The highest BCUT2D eigenvalue weighted by atomic mass is 35.5. The van der Waals surface area contributed by atoms with E-state index in [-0.39, 0.29) is 0 Å². The molecule has 0 aliphatic carbocycles. The number of halogens is 1. The van der Waals surface area contributed by atoms with Crippen molar-refractivity contribution in [2.24, 2.45) is 0 Å². The molecule has 21 valence electrons. The Morgan fingerprint density at radius 3 is 1.50 bits per heavy atom. The van der Waals surface area contributed by atoms with Gasteiger partial charge in [0.25, 0.3) is 0 Å². The Bertz CT molecular complexity index is 8.00. The molecule has 0 aromatic rings. The van der Waals surface area contributed by atoms with Crippen LogP contribution in [0.4, 0.5) is 0 Å². The van der Waals surface area contributed by atoms with Crippen molar-refractivity contribution >= 4 is 29.7 Å². The van der Waals surface area contributed by atoms with E-state index in [1.54, 1.807) is 0 Å². The molecule has 1 nitrogen and oxygen atoms in total. The fourth-order valence-electron chi connectivity index (χ4n) is 0. The summed E-state index contributed by atoms with van der Waals surface area (Å²) < 4.78 is 0. The maximum atomic E-state index is 7.00. The minimum Gasteiger partial charge on any atom is -0.400 e. The van der Waals surface area contributed by atoms with Crippen LogP contribution in [-0.4, -0.2) is 32.8 Å². The van der Waals surface area contributed by atoms with E-state index in [9.17, 15) is 0 Å². The Kier molecular flexibility index (Phi) is 78.7. The molecule has 3 heteroatoms. The molecule has 4 heavy (non-hydrogen) atoms. The number of aliphatic hydroxyl groups excluding tert-OH is 1. The maximum Gasteiger partial charge on any atom is 1.59 e. The van der Waals surface area contributed by atoms with Crippen LogP contribution in [0.25, 0.3) is 0 Å². The van der Waals surface area contributed by atoms with Crippen molar-refractivity contribution in [3.63, 3.8) is 0 Å². The summed E-state index contributed by atoms with van der Waals surface area (Å²) in [6.45, 7) is 0. The van der Waals surface area contributed by atoms with Crippen LogP contribution in [0.5, 0.6) is 0 Å². The van der Waals surface area contributed by atoms with Crippen LogP contribution in [0, 0.1) is 0 Å². The summed E-state index contributed by atoms with van der Waals surface area (Å²) in [7, 11) is 5.67. The molecule has 0 amide bonds. The van der Waals surface area contributed by atoms with Crippen LogP contribution >= 0.6 is 9.07 Å². The fourth-order valence-corrected chi connectivity index (χ4v) is 0. The molecular formula is CH4ClMgO+2. The SMILES string of the molecule is CO.[Mg+2][Cl]. The third-order valence-electron chi connectivity index (χ3n) is 0. The third kappa shape index (κ3) is 11.9. The van der Waals surface area contributed by atoms with E-state index in [2.05, 4.69) is 9.07 Å². The molecule has 0 heterocycles. The first-order chi connectivity index (χ1) is 2.00. The van der Waals surface area contributed by atoms with Gasteiger partial charge in [0.05, 0.1) is 0 Å². The molecule has 7 radical (unpaired) electrons. The van der Waals surface area contributed by atoms with Gasteiger partial charge in [0.15, 0.2) is 0 Å². The number of hydrogen-bond donors (Lipinski definition) is 1. The van der Waals surface area contributed by atoms with Crippen molar-refractivity contribution in [3.8, 4) is 0 Å². The van der Waals surface area contributed by atoms with Crippen molar-refractivity contribution in [1.82, 2.24) is 0 Å². The van der Waals surface area contributed by atoms with E-state index in [1.165, 1.54) is 20.6 Å². The summed E-state index contributed by atoms with van der Waals surface area (Å²) in [6.07, 6.45) is 0. The van der Waals surface area contributed by atoms with Gasteiger partial charge in [-0.05, 0) is 0 Å². The zero-order valence-corrected chi connectivity index (χ0v) is 4.70. The zero-order valence-electron chi connectivity index (χ0n) is 2.53. The summed E-state index contributed by atoms with van der Waals surface area (Å²) >= 11 is 1.33. The normalized spacial score (nSPS) is 3.00. The van der Waals surface area contributed by atoms with Crippen molar-refractivity contribution < 1.29 is 5.11 Å². The van der Waals surface area contributed by atoms with Crippen molar-refractivity contribution in [3.05, 3.63) is 0 Å². The molecule has 0 fully saturated rings. The molecule has 0 aliphatic rings. The second kappa shape index (κ2) is 35.4. The summed E-state index contributed by atoms with van der Waals surface area (Å²) in [6, 6.07) is 0. The predicted octanol–water partition coefficient (Wildman–Crippen LogP) is -0.0828. The Balaban J connectivity index is 0. The topological polar surface area (TPSA) is 20.2 Å². The van der Waals surface area contributed by atoms with Gasteiger partial charge in [-0.3, -0.25) is 0 Å². The van der Waals surface area contributed by atoms with Crippen LogP contribution < -0.4 is 0 Å². The quantitative estimate of drug-likeness (QED) is 0.414. The molecule has 1 N–H and O–H groups in total. The summed E-state index contributed by atoms with van der Waals surface area (Å²) in [5.41, 5.74) is 0. The molecule has 0 unspecified atom stereocenters. The van der Waals surface area contributed by atoms with Crippen molar-refractivity contribution in [1.29, 1.82) is 0 Å². The van der Waals surface area contributed by atoms with Gasteiger partial charge < -0.3 is 5.11 Å². The highest BCUT2D eigenvalue weighted by Gasteiger charge is 2.16. The van der Waals surface area contributed by atoms with Crippen LogP contribution in [0.1, 0.15) is 0 Å². The van der Waals surface area contributed by atoms with Crippen LogP contribution in [-0.2, 0) is 0 Å². The van der Waals surface area contributed by atoms with E-state index >= 15 is 0 Å². The van der Waals surface area contributed by atoms with E-state index in [0.29, 0.717) is 0 Å². The lowest BCUT2D eigenvalue weighted by Crippen LogP contribution is -1.25. The summed E-state index contributed by atoms with van der Waals surface area (Å²) in [5.74, 6) is 0. The molecule has 0 atom stereocenters. The molecule has 0 spiro atoms. The van der Waals surface area contributed by atoms with Gasteiger partial charge in [0, 0.05) is 7.11 Å². The Labute approximate surface area is 42.2 Å². The van der Waals surface area contributed by atoms with Gasteiger partial charge in [-0.1, -0.05) is 0 Å². The van der Waals surface area contributed by atoms with Gasteiger partial charge in [0.2, 0.25) is 0 Å². The Hall–Kier alpha value is 1.02. The second-order valence-corrected chi connectivity index (χ2v) is 0. The van der Waals surface area contributed by atoms with Crippen LogP contribution in [0.15, 0.2) is 0 Å². The highest BCUT2D eigenvalue weighted by molar-refractivity contribution is 6.80. The minimum absolute atomic E-state index is 1.00. The maximum absolute atomic E-state index is 7.00. The molecule has 0 aliphatic heterocycles. The summed E-state index contributed by atoms with van der Waals surface area (Å²) in [5, 5.41) is 7.00. The molecule has 0 saturated carbocycles. The summed E-state index contributed by atoms with van der Waals surface area (Å²) in [4.78, 5) is 0.